The van der Waals surface area contributed by atoms with Gasteiger partial charge in [-0.05, 0) is 29.7 Å². The molecule has 0 fully saturated rings. The maximum absolute atomic E-state index is 13.3. The summed E-state index contributed by atoms with van der Waals surface area (Å²) in [6, 6.07) is 16.7. The second-order valence-corrected chi connectivity index (χ2v) is 4.70. The van der Waals surface area contributed by atoms with Gasteiger partial charge in [0.25, 0.3) is 0 Å². The lowest BCUT2D eigenvalue weighted by Crippen LogP contribution is -2.03. The largest absolute Gasteiger partial charge is 0.496 e. The molecule has 0 saturated heterocycles. The van der Waals surface area contributed by atoms with Gasteiger partial charge in [0.05, 0.1) is 7.11 Å². The van der Waals surface area contributed by atoms with Crippen LogP contribution in [0.4, 0.5) is 4.39 Å². The van der Waals surface area contributed by atoms with Crippen molar-refractivity contribution in [2.75, 3.05) is 7.11 Å². The Hall–Kier alpha value is -2.68. The van der Waals surface area contributed by atoms with Crippen LogP contribution in [0.25, 0.3) is 10.8 Å². The monoisotopic (exact) mass is 280 g/mol. The standard InChI is InChI=1S/C18H13FO2/c1-21-17-10-9-16(14-7-2-3-8-15(14)17)18(20)12-5-4-6-13(19)11-12/h2-11H,1H3. The van der Waals surface area contributed by atoms with E-state index in [9.17, 15) is 9.18 Å². The first-order valence-electron chi connectivity index (χ1n) is 6.56. The van der Waals surface area contributed by atoms with E-state index in [4.69, 9.17) is 4.74 Å². The van der Waals surface area contributed by atoms with Crippen molar-refractivity contribution < 1.29 is 13.9 Å². The summed E-state index contributed by atoms with van der Waals surface area (Å²) in [5.41, 5.74) is 0.877. The molecule has 0 unspecified atom stereocenters. The predicted molar refractivity (Wildman–Crippen MR) is 80.3 cm³/mol. The van der Waals surface area contributed by atoms with Crippen LogP contribution in [0, 0.1) is 5.82 Å². The number of halogens is 1. The molecule has 0 N–H and O–H groups in total. The number of methoxy groups -OCH3 is 1. The van der Waals surface area contributed by atoms with Gasteiger partial charge in [-0.25, -0.2) is 4.39 Å². The molecule has 0 heterocycles. The first-order chi connectivity index (χ1) is 10.2. The molecule has 0 aliphatic rings. The maximum atomic E-state index is 13.3. The van der Waals surface area contributed by atoms with Gasteiger partial charge in [-0.15, -0.1) is 0 Å². The molecule has 0 amide bonds. The molecular weight excluding hydrogens is 267 g/mol. The number of hydrogen-bond donors (Lipinski definition) is 0. The topological polar surface area (TPSA) is 26.3 Å². The van der Waals surface area contributed by atoms with E-state index in [0.29, 0.717) is 16.9 Å². The minimum absolute atomic E-state index is 0.201. The number of ether oxygens (including phenoxy) is 1. The van der Waals surface area contributed by atoms with E-state index < -0.39 is 5.82 Å². The quantitative estimate of drug-likeness (QED) is 0.671. The normalized spacial score (nSPS) is 10.6. The minimum Gasteiger partial charge on any atom is -0.496 e. The first kappa shape index (κ1) is 13.3. The van der Waals surface area contributed by atoms with Gasteiger partial charge in [-0.2, -0.15) is 0 Å². The number of carbonyl (C=O) groups is 1. The van der Waals surface area contributed by atoms with Gasteiger partial charge < -0.3 is 4.74 Å². The number of carbonyl (C=O) groups excluding carboxylic acids is 1. The van der Waals surface area contributed by atoms with E-state index in [-0.39, 0.29) is 5.78 Å². The fourth-order valence-electron chi connectivity index (χ4n) is 2.43. The third-order valence-corrected chi connectivity index (χ3v) is 3.44. The molecular formula is C18H13FO2. The Bertz CT molecular complexity index is 824. The molecule has 2 nitrogen and oxygen atoms in total. The molecule has 0 saturated carbocycles. The second-order valence-electron chi connectivity index (χ2n) is 4.70. The molecule has 0 spiro atoms. The lowest BCUT2D eigenvalue weighted by molar-refractivity contribution is 0.104. The summed E-state index contributed by atoms with van der Waals surface area (Å²) < 4.78 is 18.6. The highest BCUT2D eigenvalue weighted by atomic mass is 19.1. The SMILES string of the molecule is COc1ccc(C(=O)c2cccc(F)c2)c2ccccc12. The fourth-order valence-corrected chi connectivity index (χ4v) is 2.43. The lowest BCUT2D eigenvalue weighted by Gasteiger charge is -2.10. The van der Waals surface area contributed by atoms with Crippen LogP contribution < -0.4 is 4.74 Å². The van der Waals surface area contributed by atoms with Crippen molar-refractivity contribution in [3.8, 4) is 5.75 Å². The highest BCUT2D eigenvalue weighted by Crippen LogP contribution is 2.29. The first-order valence-corrected chi connectivity index (χ1v) is 6.56. The molecule has 0 aliphatic carbocycles. The van der Waals surface area contributed by atoms with Crippen LogP contribution in [0.3, 0.4) is 0 Å². The van der Waals surface area contributed by atoms with Gasteiger partial charge in [-0.1, -0.05) is 36.4 Å². The molecule has 0 bridgehead atoms. The number of ketones is 1. The summed E-state index contributed by atoms with van der Waals surface area (Å²) in [6.45, 7) is 0. The predicted octanol–water partition coefficient (Wildman–Crippen LogP) is 4.22. The summed E-state index contributed by atoms with van der Waals surface area (Å²) >= 11 is 0. The Morgan fingerprint density at radius 3 is 2.43 bits per heavy atom. The van der Waals surface area contributed by atoms with Crippen LogP contribution in [0.5, 0.6) is 5.75 Å². The average Bonchev–Trinajstić information content (AvgIpc) is 2.53. The summed E-state index contributed by atoms with van der Waals surface area (Å²) in [7, 11) is 1.59. The fraction of sp³-hybridized carbons (Fsp3) is 0.0556. The molecule has 3 rings (SSSR count). The molecule has 3 aromatic rings. The van der Waals surface area contributed by atoms with Crippen LogP contribution >= 0.6 is 0 Å². The molecule has 3 heteroatoms. The Morgan fingerprint density at radius 1 is 0.952 bits per heavy atom. The van der Waals surface area contributed by atoms with Crippen LogP contribution in [0.15, 0.2) is 60.7 Å². The van der Waals surface area contributed by atoms with Crippen LogP contribution in [0.2, 0.25) is 0 Å². The Morgan fingerprint density at radius 2 is 1.71 bits per heavy atom. The van der Waals surface area contributed by atoms with Crippen molar-refractivity contribution >= 4 is 16.6 Å². The molecule has 3 aromatic carbocycles. The van der Waals surface area contributed by atoms with Gasteiger partial charge >= 0.3 is 0 Å². The van der Waals surface area contributed by atoms with Gasteiger partial charge in [0.15, 0.2) is 5.78 Å². The van der Waals surface area contributed by atoms with Crippen LogP contribution in [0.1, 0.15) is 15.9 Å². The van der Waals surface area contributed by atoms with E-state index in [2.05, 4.69) is 0 Å². The Labute approximate surface area is 121 Å². The maximum Gasteiger partial charge on any atom is 0.193 e. The number of benzene rings is 3. The Kier molecular flexibility index (Phi) is 3.40. The lowest BCUT2D eigenvalue weighted by atomic mass is 9.96. The summed E-state index contributed by atoms with van der Waals surface area (Å²) in [5, 5.41) is 1.66. The zero-order chi connectivity index (χ0) is 14.8. The van der Waals surface area contributed by atoms with Crippen molar-refractivity contribution in [2.24, 2.45) is 0 Å². The smallest absolute Gasteiger partial charge is 0.193 e. The van der Waals surface area contributed by atoms with Crippen molar-refractivity contribution in [2.45, 2.75) is 0 Å². The highest BCUT2D eigenvalue weighted by molar-refractivity contribution is 6.17. The third-order valence-electron chi connectivity index (χ3n) is 3.44. The van der Waals surface area contributed by atoms with Crippen molar-refractivity contribution in [1.82, 2.24) is 0 Å². The molecule has 104 valence electrons. The van der Waals surface area contributed by atoms with Crippen molar-refractivity contribution in [3.63, 3.8) is 0 Å². The van der Waals surface area contributed by atoms with Crippen LogP contribution in [-0.4, -0.2) is 12.9 Å². The van der Waals surface area contributed by atoms with Gasteiger partial charge in [0.1, 0.15) is 11.6 Å². The van der Waals surface area contributed by atoms with E-state index in [1.54, 1.807) is 25.3 Å². The van der Waals surface area contributed by atoms with E-state index >= 15 is 0 Å². The minimum atomic E-state index is -0.418. The Balaban J connectivity index is 2.19. The zero-order valence-corrected chi connectivity index (χ0v) is 11.5. The van der Waals surface area contributed by atoms with Gasteiger partial charge in [-0.3, -0.25) is 4.79 Å². The molecule has 0 atom stereocenters. The summed E-state index contributed by atoms with van der Waals surface area (Å²) in [6.07, 6.45) is 0. The number of rotatable bonds is 3. The highest BCUT2D eigenvalue weighted by Gasteiger charge is 2.14. The van der Waals surface area contributed by atoms with Crippen molar-refractivity contribution in [1.29, 1.82) is 0 Å². The van der Waals surface area contributed by atoms with Gasteiger partial charge in [0, 0.05) is 16.5 Å². The zero-order valence-electron chi connectivity index (χ0n) is 11.5. The van der Waals surface area contributed by atoms with Crippen molar-refractivity contribution in [3.05, 3.63) is 77.6 Å². The summed E-state index contributed by atoms with van der Waals surface area (Å²) in [5.74, 6) is 0.0911. The van der Waals surface area contributed by atoms with Gasteiger partial charge in [0.2, 0.25) is 0 Å². The molecule has 0 aromatic heterocycles. The second kappa shape index (κ2) is 5.37. The number of hydrogen-bond acceptors (Lipinski definition) is 2. The number of fused-ring (bicyclic) bond motifs is 1. The van der Waals surface area contributed by atoms with E-state index in [0.717, 1.165) is 10.8 Å². The van der Waals surface area contributed by atoms with Crippen LogP contribution in [-0.2, 0) is 0 Å². The summed E-state index contributed by atoms with van der Waals surface area (Å²) in [4.78, 5) is 12.6. The third kappa shape index (κ3) is 2.38. The van der Waals surface area contributed by atoms with E-state index in [1.807, 2.05) is 24.3 Å². The molecule has 0 aliphatic heterocycles. The molecule has 0 radical (unpaired) electrons. The molecule has 21 heavy (non-hydrogen) atoms. The average molecular weight is 280 g/mol. The van der Waals surface area contributed by atoms with E-state index in [1.165, 1.54) is 18.2 Å².